The molecule has 0 spiro atoms. The Morgan fingerprint density at radius 2 is 1.42 bits per heavy atom. The van der Waals surface area contributed by atoms with Gasteiger partial charge in [-0.1, -0.05) is 145 Å². The Balaban J connectivity index is 1.11. The van der Waals surface area contributed by atoms with Crippen LogP contribution in [0.4, 0.5) is 5.69 Å². The second kappa shape index (κ2) is 12.1. The van der Waals surface area contributed by atoms with E-state index in [2.05, 4.69) is 152 Å². The molecule has 1 aliphatic carbocycles. The zero-order valence-corrected chi connectivity index (χ0v) is 27.5. The van der Waals surface area contributed by atoms with Crippen LogP contribution in [0.15, 0.2) is 170 Å². The standard InChI is InChI=1S/C43H34N4S/c1-47-42(31-14-6-3-7-15-31)45-41(30-24-22-29(23-25-30)28-12-4-2-5-13-28)46-43(47)33-17-10-16-32(26-33)35-27-44-36-19-11-21-38-40(36)39(35)34-18-8-9-20-37(34)48-38/h2-17,19-27,34-35,39,43H,18H2,1H3. The minimum Gasteiger partial charge on any atom is -0.333 e. The largest absolute Gasteiger partial charge is 0.333 e. The third-order valence-corrected chi connectivity index (χ3v) is 11.2. The Hall–Kier alpha value is -5.26. The van der Waals surface area contributed by atoms with Crippen LogP contribution < -0.4 is 0 Å². The summed E-state index contributed by atoms with van der Waals surface area (Å²) in [7, 11) is 2.11. The van der Waals surface area contributed by atoms with Gasteiger partial charge in [-0.2, -0.15) is 0 Å². The molecule has 5 aromatic carbocycles. The number of hydrogen-bond donors (Lipinski definition) is 0. The van der Waals surface area contributed by atoms with Gasteiger partial charge in [0, 0.05) is 47.0 Å². The Bertz CT molecular complexity index is 2160. The number of hydrogen-bond acceptors (Lipinski definition) is 5. The van der Waals surface area contributed by atoms with Crippen LogP contribution in [-0.2, 0) is 0 Å². The van der Waals surface area contributed by atoms with Crippen molar-refractivity contribution < 1.29 is 0 Å². The predicted molar refractivity (Wildman–Crippen MR) is 200 cm³/mol. The SMILES string of the molecule is CN1C(c2ccccc2)=NC(c2ccc(-c3ccccc3)cc2)=NC1c1cccc(C2C=Nc3cccc4c3C2C2CC=CC=C2S4)c1. The molecule has 0 saturated carbocycles. The van der Waals surface area contributed by atoms with Crippen LogP contribution in [0.3, 0.4) is 0 Å². The molecule has 4 unspecified atom stereocenters. The van der Waals surface area contributed by atoms with Crippen molar-refractivity contribution in [2.75, 3.05) is 7.05 Å². The summed E-state index contributed by atoms with van der Waals surface area (Å²) in [4.78, 5) is 20.6. The summed E-state index contributed by atoms with van der Waals surface area (Å²) in [5.41, 5.74) is 9.41. The highest BCUT2D eigenvalue weighted by Crippen LogP contribution is 2.58. The van der Waals surface area contributed by atoms with Gasteiger partial charge in [-0.25, -0.2) is 9.98 Å². The van der Waals surface area contributed by atoms with E-state index in [1.54, 1.807) is 0 Å². The molecule has 5 heteroatoms. The fraction of sp³-hybridized carbons (Fsp3) is 0.140. The smallest absolute Gasteiger partial charge is 0.159 e. The summed E-state index contributed by atoms with van der Waals surface area (Å²) in [6, 6.07) is 45.2. The molecule has 5 aromatic rings. The van der Waals surface area contributed by atoms with Crippen molar-refractivity contribution in [3.63, 3.8) is 0 Å². The van der Waals surface area contributed by atoms with Crippen LogP contribution in [0.5, 0.6) is 0 Å². The molecule has 4 aliphatic rings. The second-order valence-corrected chi connectivity index (χ2v) is 13.9. The molecule has 3 heterocycles. The monoisotopic (exact) mass is 638 g/mol. The van der Waals surface area contributed by atoms with Gasteiger partial charge in [0.05, 0.1) is 5.69 Å². The summed E-state index contributed by atoms with van der Waals surface area (Å²) in [6.07, 6.45) is 9.88. The first-order valence-corrected chi connectivity index (χ1v) is 17.4. The number of allylic oxidation sites excluding steroid dienone is 4. The maximum atomic E-state index is 5.33. The van der Waals surface area contributed by atoms with Crippen molar-refractivity contribution in [1.29, 1.82) is 0 Å². The van der Waals surface area contributed by atoms with Gasteiger partial charge in [-0.15, -0.1) is 0 Å². The minimum absolute atomic E-state index is 0.171. The maximum absolute atomic E-state index is 5.33. The minimum atomic E-state index is -0.236. The van der Waals surface area contributed by atoms with Crippen LogP contribution in [0.25, 0.3) is 11.1 Å². The summed E-state index contributed by atoms with van der Waals surface area (Å²) in [6.45, 7) is 0. The van der Waals surface area contributed by atoms with E-state index in [0.717, 1.165) is 40.5 Å². The fourth-order valence-electron chi connectivity index (χ4n) is 7.62. The first-order chi connectivity index (χ1) is 23.7. The average Bonchev–Trinajstić information content (AvgIpc) is 3.16. The fourth-order valence-corrected chi connectivity index (χ4v) is 8.92. The molecule has 0 saturated heterocycles. The number of fused-ring (bicyclic) bond motifs is 2. The molecule has 232 valence electrons. The van der Waals surface area contributed by atoms with Gasteiger partial charge in [-0.05, 0) is 51.3 Å². The first kappa shape index (κ1) is 28.9. The molecule has 0 N–H and O–H groups in total. The lowest BCUT2D eigenvalue weighted by atomic mass is 9.70. The maximum Gasteiger partial charge on any atom is 0.159 e. The van der Waals surface area contributed by atoms with Crippen LogP contribution in [0, 0.1) is 5.92 Å². The van der Waals surface area contributed by atoms with E-state index in [4.69, 9.17) is 15.0 Å². The highest BCUT2D eigenvalue weighted by molar-refractivity contribution is 8.03. The van der Waals surface area contributed by atoms with E-state index in [-0.39, 0.29) is 12.1 Å². The Morgan fingerprint density at radius 3 is 2.23 bits per heavy atom. The molecule has 0 amide bonds. The predicted octanol–water partition coefficient (Wildman–Crippen LogP) is 10.3. The van der Waals surface area contributed by atoms with E-state index < -0.39 is 0 Å². The third-order valence-electron chi connectivity index (χ3n) is 9.98. The van der Waals surface area contributed by atoms with Crippen LogP contribution in [0.2, 0.25) is 0 Å². The molecule has 4 nitrogen and oxygen atoms in total. The molecule has 9 rings (SSSR count). The summed E-state index contributed by atoms with van der Waals surface area (Å²) in [5.74, 6) is 2.62. The number of aliphatic imine (C=N–C) groups is 3. The van der Waals surface area contributed by atoms with Crippen molar-refractivity contribution in [2.45, 2.75) is 29.3 Å². The molecule has 4 atom stereocenters. The summed E-state index contributed by atoms with van der Waals surface area (Å²) >= 11 is 1.93. The molecule has 0 bridgehead atoms. The van der Waals surface area contributed by atoms with Crippen molar-refractivity contribution in [3.05, 3.63) is 178 Å². The van der Waals surface area contributed by atoms with E-state index in [1.807, 2.05) is 23.9 Å². The number of amidine groups is 2. The number of nitrogens with zero attached hydrogens (tertiary/aromatic N) is 4. The van der Waals surface area contributed by atoms with Crippen LogP contribution in [-0.4, -0.2) is 29.8 Å². The van der Waals surface area contributed by atoms with E-state index in [1.165, 1.54) is 32.1 Å². The zero-order chi connectivity index (χ0) is 32.0. The normalized spacial score (nSPS) is 22.3. The topological polar surface area (TPSA) is 40.3 Å². The van der Waals surface area contributed by atoms with Gasteiger partial charge >= 0.3 is 0 Å². The Labute approximate surface area is 286 Å². The lowest BCUT2D eigenvalue weighted by Crippen LogP contribution is -2.35. The first-order valence-electron chi connectivity index (χ1n) is 16.6. The molecule has 3 aliphatic heterocycles. The zero-order valence-electron chi connectivity index (χ0n) is 26.6. The highest BCUT2D eigenvalue weighted by atomic mass is 32.2. The van der Waals surface area contributed by atoms with Gasteiger partial charge in [0.2, 0.25) is 0 Å². The van der Waals surface area contributed by atoms with Gasteiger partial charge in [0.1, 0.15) is 12.0 Å². The number of benzene rings is 5. The summed E-state index contributed by atoms with van der Waals surface area (Å²) in [5, 5.41) is 0. The van der Waals surface area contributed by atoms with Gasteiger partial charge < -0.3 is 4.90 Å². The van der Waals surface area contributed by atoms with E-state index in [9.17, 15) is 0 Å². The molecular formula is C43H34N4S. The van der Waals surface area contributed by atoms with Crippen LogP contribution >= 0.6 is 11.8 Å². The van der Waals surface area contributed by atoms with Crippen LogP contribution in [0.1, 0.15) is 52.2 Å². The van der Waals surface area contributed by atoms with Gasteiger partial charge in [0.25, 0.3) is 0 Å². The van der Waals surface area contributed by atoms with Gasteiger partial charge in [0.15, 0.2) is 5.84 Å². The van der Waals surface area contributed by atoms with E-state index >= 15 is 0 Å². The molecule has 0 aromatic heterocycles. The summed E-state index contributed by atoms with van der Waals surface area (Å²) < 4.78 is 0. The van der Waals surface area contributed by atoms with Crippen molar-refractivity contribution in [3.8, 4) is 11.1 Å². The van der Waals surface area contributed by atoms with Crippen molar-refractivity contribution in [1.82, 2.24) is 4.90 Å². The molecule has 0 fully saturated rings. The second-order valence-electron chi connectivity index (χ2n) is 12.8. The Morgan fingerprint density at radius 1 is 0.708 bits per heavy atom. The van der Waals surface area contributed by atoms with Crippen molar-refractivity contribution in [2.24, 2.45) is 20.9 Å². The average molecular weight is 639 g/mol. The lowest BCUT2D eigenvalue weighted by Gasteiger charge is -2.42. The molecule has 48 heavy (non-hydrogen) atoms. The van der Waals surface area contributed by atoms with Crippen molar-refractivity contribution >= 4 is 35.3 Å². The molecule has 0 radical (unpaired) electrons. The van der Waals surface area contributed by atoms with E-state index in [0.29, 0.717) is 11.8 Å². The quantitative estimate of drug-likeness (QED) is 0.192. The third kappa shape index (κ3) is 5.06. The molecular weight excluding hydrogens is 605 g/mol. The number of rotatable bonds is 5. The number of thioether (sulfide) groups is 1. The Kier molecular flexibility index (Phi) is 7.28. The van der Waals surface area contributed by atoms with Gasteiger partial charge in [-0.3, -0.25) is 4.99 Å². The highest BCUT2D eigenvalue weighted by Gasteiger charge is 2.42. The lowest BCUT2D eigenvalue weighted by molar-refractivity contribution is 0.382.